The molecule has 0 aliphatic rings. The fourth-order valence-electron chi connectivity index (χ4n) is 0.885. The SMILES string of the molecule is OCC(O)c1ccc(O)cc1Cl. The van der Waals surface area contributed by atoms with Crippen LogP contribution in [0.25, 0.3) is 0 Å². The molecule has 1 rings (SSSR count). The lowest BCUT2D eigenvalue weighted by Gasteiger charge is -2.09. The molecule has 3 N–H and O–H groups in total. The Labute approximate surface area is 74.8 Å². The van der Waals surface area contributed by atoms with Gasteiger partial charge in [-0.2, -0.15) is 0 Å². The predicted molar refractivity (Wildman–Crippen MR) is 45.2 cm³/mol. The van der Waals surface area contributed by atoms with Gasteiger partial charge in [0.25, 0.3) is 0 Å². The summed E-state index contributed by atoms with van der Waals surface area (Å²) in [5, 5.41) is 27.0. The summed E-state index contributed by atoms with van der Waals surface area (Å²) in [6, 6.07) is 4.19. The van der Waals surface area contributed by atoms with Gasteiger partial charge in [0.1, 0.15) is 11.9 Å². The zero-order valence-electron chi connectivity index (χ0n) is 6.24. The smallest absolute Gasteiger partial charge is 0.117 e. The summed E-state index contributed by atoms with van der Waals surface area (Å²) in [5.74, 6) is 0.0360. The molecule has 0 saturated heterocycles. The van der Waals surface area contributed by atoms with E-state index in [4.69, 9.17) is 21.8 Å². The molecule has 0 saturated carbocycles. The molecule has 1 aromatic carbocycles. The van der Waals surface area contributed by atoms with Gasteiger partial charge in [-0.3, -0.25) is 0 Å². The Bertz CT molecular complexity index is 275. The van der Waals surface area contributed by atoms with Crippen LogP contribution in [0.15, 0.2) is 18.2 Å². The standard InChI is InChI=1S/C8H9ClO3/c9-7-3-5(11)1-2-6(7)8(12)4-10/h1-3,8,10-12H,4H2. The van der Waals surface area contributed by atoms with Crippen molar-refractivity contribution in [3.05, 3.63) is 28.8 Å². The monoisotopic (exact) mass is 188 g/mol. The van der Waals surface area contributed by atoms with Crippen LogP contribution in [0.5, 0.6) is 5.75 Å². The van der Waals surface area contributed by atoms with Crippen LogP contribution in [0.2, 0.25) is 5.02 Å². The van der Waals surface area contributed by atoms with Gasteiger partial charge >= 0.3 is 0 Å². The van der Waals surface area contributed by atoms with Gasteiger partial charge in [0, 0.05) is 5.56 Å². The minimum atomic E-state index is -0.988. The second-order valence-corrected chi connectivity index (χ2v) is 2.81. The Balaban J connectivity index is 3.01. The fraction of sp³-hybridized carbons (Fsp3) is 0.250. The maximum Gasteiger partial charge on any atom is 0.117 e. The average Bonchev–Trinajstić information content (AvgIpc) is 2.03. The number of benzene rings is 1. The quantitative estimate of drug-likeness (QED) is 0.651. The molecule has 0 aliphatic carbocycles. The normalized spacial score (nSPS) is 12.9. The highest BCUT2D eigenvalue weighted by atomic mass is 35.5. The summed E-state index contributed by atoms with van der Waals surface area (Å²) >= 11 is 5.67. The molecule has 0 amide bonds. The maximum absolute atomic E-state index is 9.18. The number of phenols is 1. The molecular formula is C8H9ClO3. The van der Waals surface area contributed by atoms with Crippen LogP contribution in [0.3, 0.4) is 0 Å². The summed E-state index contributed by atoms with van der Waals surface area (Å²) in [7, 11) is 0. The number of aliphatic hydroxyl groups is 2. The molecule has 0 fully saturated rings. The van der Waals surface area contributed by atoms with Crippen LogP contribution in [0, 0.1) is 0 Å². The first-order valence-electron chi connectivity index (χ1n) is 3.42. The Morgan fingerprint density at radius 2 is 2.08 bits per heavy atom. The molecule has 4 heteroatoms. The van der Waals surface area contributed by atoms with Crippen molar-refractivity contribution in [3.8, 4) is 5.75 Å². The van der Waals surface area contributed by atoms with Gasteiger partial charge < -0.3 is 15.3 Å². The number of phenolic OH excluding ortho intramolecular Hbond substituents is 1. The van der Waals surface area contributed by atoms with Crippen molar-refractivity contribution < 1.29 is 15.3 Å². The van der Waals surface area contributed by atoms with Gasteiger partial charge in [-0.1, -0.05) is 17.7 Å². The summed E-state index contributed by atoms with van der Waals surface area (Å²) < 4.78 is 0. The Hall–Kier alpha value is -0.770. The lowest BCUT2D eigenvalue weighted by Crippen LogP contribution is -2.02. The zero-order chi connectivity index (χ0) is 9.14. The third kappa shape index (κ3) is 1.88. The summed E-state index contributed by atoms with van der Waals surface area (Å²) in [4.78, 5) is 0. The lowest BCUT2D eigenvalue weighted by atomic mass is 10.1. The van der Waals surface area contributed by atoms with Crippen molar-refractivity contribution in [1.82, 2.24) is 0 Å². The molecule has 3 nitrogen and oxygen atoms in total. The maximum atomic E-state index is 9.18. The van der Waals surface area contributed by atoms with Crippen LogP contribution in [-0.4, -0.2) is 21.9 Å². The van der Waals surface area contributed by atoms with Gasteiger partial charge in [-0.05, 0) is 12.1 Å². The van der Waals surface area contributed by atoms with E-state index in [0.29, 0.717) is 5.56 Å². The molecule has 1 atom stereocenters. The number of aromatic hydroxyl groups is 1. The van der Waals surface area contributed by atoms with Gasteiger partial charge in [-0.25, -0.2) is 0 Å². The Morgan fingerprint density at radius 1 is 1.42 bits per heavy atom. The largest absolute Gasteiger partial charge is 0.508 e. The Kier molecular flexibility index (Phi) is 2.92. The highest BCUT2D eigenvalue weighted by Gasteiger charge is 2.09. The first kappa shape index (κ1) is 9.32. The Morgan fingerprint density at radius 3 is 2.58 bits per heavy atom. The van der Waals surface area contributed by atoms with Crippen LogP contribution >= 0.6 is 11.6 Å². The van der Waals surface area contributed by atoms with Gasteiger partial charge in [-0.15, -0.1) is 0 Å². The van der Waals surface area contributed by atoms with Crippen LogP contribution in [0.4, 0.5) is 0 Å². The van der Waals surface area contributed by atoms with Crippen molar-refractivity contribution in [3.63, 3.8) is 0 Å². The predicted octanol–water partition coefficient (Wildman–Crippen LogP) is 1.07. The number of rotatable bonds is 2. The minimum Gasteiger partial charge on any atom is -0.508 e. The number of hydrogen-bond acceptors (Lipinski definition) is 3. The topological polar surface area (TPSA) is 60.7 Å². The molecule has 0 heterocycles. The highest BCUT2D eigenvalue weighted by molar-refractivity contribution is 6.31. The van der Waals surface area contributed by atoms with Crippen molar-refractivity contribution in [2.75, 3.05) is 6.61 Å². The minimum absolute atomic E-state index is 0.0360. The summed E-state index contributed by atoms with van der Waals surface area (Å²) in [6.45, 7) is -0.384. The average molecular weight is 189 g/mol. The molecule has 0 aliphatic heterocycles. The number of hydrogen-bond donors (Lipinski definition) is 3. The molecule has 1 unspecified atom stereocenters. The van der Waals surface area contributed by atoms with Crippen molar-refractivity contribution in [2.45, 2.75) is 6.10 Å². The van der Waals surface area contributed by atoms with E-state index in [-0.39, 0.29) is 17.4 Å². The highest BCUT2D eigenvalue weighted by Crippen LogP contribution is 2.26. The van der Waals surface area contributed by atoms with E-state index in [0.717, 1.165) is 0 Å². The van der Waals surface area contributed by atoms with Gasteiger partial charge in [0.2, 0.25) is 0 Å². The molecule has 66 valence electrons. The molecular weight excluding hydrogens is 180 g/mol. The van der Waals surface area contributed by atoms with E-state index in [2.05, 4.69) is 0 Å². The second-order valence-electron chi connectivity index (χ2n) is 2.40. The van der Waals surface area contributed by atoms with Crippen molar-refractivity contribution >= 4 is 11.6 Å². The molecule has 0 bridgehead atoms. The molecule has 0 aromatic heterocycles. The van der Waals surface area contributed by atoms with Crippen molar-refractivity contribution in [1.29, 1.82) is 0 Å². The van der Waals surface area contributed by atoms with E-state index >= 15 is 0 Å². The van der Waals surface area contributed by atoms with Crippen molar-refractivity contribution in [2.24, 2.45) is 0 Å². The summed E-state index contributed by atoms with van der Waals surface area (Å²) in [6.07, 6.45) is -0.988. The van der Waals surface area contributed by atoms with E-state index in [9.17, 15) is 5.11 Å². The third-order valence-electron chi connectivity index (χ3n) is 1.52. The first-order chi connectivity index (χ1) is 5.65. The van der Waals surface area contributed by atoms with Crippen LogP contribution in [-0.2, 0) is 0 Å². The number of aliphatic hydroxyl groups excluding tert-OH is 2. The van der Waals surface area contributed by atoms with E-state index < -0.39 is 6.10 Å². The molecule has 12 heavy (non-hydrogen) atoms. The zero-order valence-corrected chi connectivity index (χ0v) is 6.99. The third-order valence-corrected chi connectivity index (χ3v) is 1.84. The number of halogens is 1. The first-order valence-corrected chi connectivity index (χ1v) is 3.80. The van der Waals surface area contributed by atoms with Crippen LogP contribution in [0.1, 0.15) is 11.7 Å². The van der Waals surface area contributed by atoms with Gasteiger partial charge in [0.05, 0.1) is 11.6 Å². The van der Waals surface area contributed by atoms with E-state index in [1.165, 1.54) is 18.2 Å². The second kappa shape index (κ2) is 3.76. The summed E-state index contributed by atoms with van der Waals surface area (Å²) in [5.41, 5.74) is 0.414. The molecule has 1 aromatic rings. The lowest BCUT2D eigenvalue weighted by molar-refractivity contribution is 0.0956. The molecule has 0 spiro atoms. The molecule has 0 radical (unpaired) electrons. The van der Waals surface area contributed by atoms with E-state index in [1.807, 2.05) is 0 Å². The van der Waals surface area contributed by atoms with E-state index in [1.54, 1.807) is 0 Å². The fourth-order valence-corrected chi connectivity index (χ4v) is 1.19. The van der Waals surface area contributed by atoms with Gasteiger partial charge in [0.15, 0.2) is 0 Å². The van der Waals surface area contributed by atoms with Crippen LogP contribution < -0.4 is 0 Å².